The highest BCUT2D eigenvalue weighted by molar-refractivity contribution is 6.33. The molecule has 106 valence electrons. The Morgan fingerprint density at radius 1 is 1.26 bits per heavy atom. The summed E-state index contributed by atoms with van der Waals surface area (Å²) in [5.74, 6) is -0.233. The van der Waals surface area contributed by atoms with Gasteiger partial charge in [0.05, 0.1) is 13.2 Å². The number of nitrogens with zero attached hydrogens (tertiary/aromatic N) is 1. The molecule has 0 atom stereocenters. The fraction of sp³-hybridized carbons (Fsp3) is 0.500. The first-order valence-corrected chi connectivity index (χ1v) is 6.57. The number of amides is 1. The number of aromatic nitrogens is 1. The van der Waals surface area contributed by atoms with Crippen LogP contribution in [0.1, 0.15) is 16.8 Å². The zero-order chi connectivity index (χ0) is 14.1. The van der Waals surface area contributed by atoms with Crippen molar-refractivity contribution in [2.45, 2.75) is 6.42 Å². The number of rotatable bonds is 8. The molecular weight excluding hydrogens is 291 g/mol. The van der Waals surface area contributed by atoms with Crippen LogP contribution in [-0.4, -0.2) is 44.4 Å². The maximum atomic E-state index is 11.8. The predicted molar refractivity (Wildman–Crippen MR) is 73.9 cm³/mol. The fourth-order valence-electron chi connectivity index (χ4n) is 1.32. The molecule has 1 amide bonds. The number of pyridine rings is 1. The smallest absolute Gasteiger partial charge is 0.251 e. The average molecular weight is 307 g/mol. The van der Waals surface area contributed by atoms with Crippen molar-refractivity contribution in [1.82, 2.24) is 10.3 Å². The van der Waals surface area contributed by atoms with E-state index in [0.717, 1.165) is 6.42 Å². The third kappa shape index (κ3) is 6.73. The van der Waals surface area contributed by atoms with Crippen molar-refractivity contribution in [3.05, 3.63) is 28.0 Å². The third-order valence-electron chi connectivity index (χ3n) is 2.21. The first-order valence-electron chi connectivity index (χ1n) is 5.81. The third-order valence-corrected chi connectivity index (χ3v) is 2.60. The number of carbonyl (C=O) groups excluding carboxylic acids is 1. The van der Waals surface area contributed by atoms with Crippen LogP contribution in [0, 0.1) is 0 Å². The number of carbonyl (C=O) groups is 1. The van der Waals surface area contributed by atoms with Gasteiger partial charge in [-0.3, -0.25) is 4.79 Å². The van der Waals surface area contributed by atoms with E-state index in [1.807, 2.05) is 0 Å². The van der Waals surface area contributed by atoms with Gasteiger partial charge >= 0.3 is 0 Å². The quantitative estimate of drug-likeness (QED) is 0.591. The summed E-state index contributed by atoms with van der Waals surface area (Å²) in [6.45, 7) is 2.21. The standard InChI is InChI=1S/C12H16Cl2N2O3/c1-18-5-6-19-4-2-3-15-12(17)9-7-10(13)16-11(14)8-9/h7-8H,2-6H2,1H3,(H,15,17). The molecule has 0 aromatic carbocycles. The summed E-state index contributed by atoms with van der Waals surface area (Å²) in [4.78, 5) is 15.5. The van der Waals surface area contributed by atoms with Crippen LogP contribution in [-0.2, 0) is 9.47 Å². The van der Waals surface area contributed by atoms with Gasteiger partial charge in [0.1, 0.15) is 10.3 Å². The Kier molecular flexibility index (Phi) is 7.74. The highest BCUT2D eigenvalue weighted by Crippen LogP contribution is 2.14. The van der Waals surface area contributed by atoms with Gasteiger partial charge in [-0.15, -0.1) is 0 Å². The Balaban J connectivity index is 2.24. The minimum atomic E-state index is -0.233. The van der Waals surface area contributed by atoms with E-state index in [1.54, 1.807) is 7.11 Å². The van der Waals surface area contributed by atoms with Crippen LogP contribution in [0.5, 0.6) is 0 Å². The number of ether oxygens (including phenoxy) is 2. The van der Waals surface area contributed by atoms with E-state index >= 15 is 0 Å². The van der Waals surface area contributed by atoms with Gasteiger partial charge in [-0.1, -0.05) is 23.2 Å². The van der Waals surface area contributed by atoms with Crippen molar-refractivity contribution in [1.29, 1.82) is 0 Å². The molecule has 1 rings (SSSR count). The number of halogens is 2. The lowest BCUT2D eigenvalue weighted by Gasteiger charge is -2.06. The lowest BCUT2D eigenvalue weighted by molar-refractivity contribution is 0.0688. The van der Waals surface area contributed by atoms with Gasteiger partial charge in [0.15, 0.2) is 0 Å². The molecule has 0 aliphatic rings. The second kappa shape index (κ2) is 9.09. The highest BCUT2D eigenvalue weighted by atomic mass is 35.5. The molecule has 1 heterocycles. The summed E-state index contributed by atoms with van der Waals surface area (Å²) in [5.41, 5.74) is 0.394. The van der Waals surface area contributed by atoms with Gasteiger partial charge in [0.2, 0.25) is 0 Å². The zero-order valence-corrected chi connectivity index (χ0v) is 12.1. The molecule has 7 heteroatoms. The van der Waals surface area contributed by atoms with E-state index in [2.05, 4.69) is 10.3 Å². The van der Waals surface area contributed by atoms with Crippen LogP contribution in [0.2, 0.25) is 10.3 Å². The molecule has 0 aliphatic heterocycles. The molecule has 0 aliphatic carbocycles. The Hall–Kier alpha value is -0.880. The van der Waals surface area contributed by atoms with E-state index in [-0.39, 0.29) is 16.2 Å². The topological polar surface area (TPSA) is 60.5 Å². The molecule has 1 N–H and O–H groups in total. The van der Waals surface area contributed by atoms with Crippen molar-refractivity contribution in [2.75, 3.05) is 33.5 Å². The van der Waals surface area contributed by atoms with Gasteiger partial charge in [-0.2, -0.15) is 0 Å². The largest absolute Gasteiger partial charge is 0.382 e. The van der Waals surface area contributed by atoms with Gasteiger partial charge in [-0.25, -0.2) is 4.98 Å². The molecule has 1 aromatic heterocycles. The first-order chi connectivity index (χ1) is 9.13. The monoisotopic (exact) mass is 306 g/mol. The summed E-state index contributed by atoms with van der Waals surface area (Å²) < 4.78 is 10.1. The molecule has 19 heavy (non-hydrogen) atoms. The highest BCUT2D eigenvalue weighted by Gasteiger charge is 2.07. The molecule has 0 bridgehead atoms. The molecule has 0 saturated heterocycles. The van der Waals surface area contributed by atoms with E-state index in [4.69, 9.17) is 32.7 Å². The number of methoxy groups -OCH3 is 1. The van der Waals surface area contributed by atoms with Crippen molar-refractivity contribution >= 4 is 29.1 Å². The van der Waals surface area contributed by atoms with Crippen molar-refractivity contribution in [3.8, 4) is 0 Å². The Labute approximate surface area is 122 Å². The average Bonchev–Trinajstić information content (AvgIpc) is 2.36. The maximum Gasteiger partial charge on any atom is 0.251 e. The molecule has 5 nitrogen and oxygen atoms in total. The number of nitrogens with one attached hydrogen (secondary N) is 1. The fourth-order valence-corrected chi connectivity index (χ4v) is 1.78. The summed E-state index contributed by atoms with van der Waals surface area (Å²) in [5, 5.41) is 3.14. The van der Waals surface area contributed by atoms with Crippen LogP contribution >= 0.6 is 23.2 Å². The summed E-state index contributed by atoms with van der Waals surface area (Å²) >= 11 is 11.4. The minimum Gasteiger partial charge on any atom is -0.382 e. The molecule has 0 fully saturated rings. The predicted octanol–water partition coefficient (Wildman–Crippen LogP) is 2.17. The van der Waals surface area contributed by atoms with E-state index in [9.17, 15) is 4.79 Å². The van der Waals surface area contributed by atoms with Crippen LogP contribution in [0.3, 0.4) is 0 Å². The molecule has 0 spiro atoms. The lowest BCUT2D eigenvalue weighted by Crippen LogP contribution is -2.25. The second-order valence-corrected chi connectivity index (χ2v) is 4.49. The summed E-state index contributed by atoms with van der Waals surface area (Å²) in [6.07, 6.45) is 0.724. The van der Waals surface area contributed by atoms with Gasteiger partial charge in [0.25, 0.3) is 5.91 Å². The van der Waals surface area contributed by atoms with Gasteiger partial charge in [-0.05, 0) is 18.6 Å². The minimum absolute atomic E-state index is 0.195. The van der Waals surface area contributed by atoms with Crippen LogP contribution in [0.25, 0.3) is 0 Å². The van der Waals surface area contributed by atoms with Gasteiger partial charge in [0, 0.05) is 25.8 Å². The number of hydrogen-bond donors (Lipinski definition) is 1. The number of hydrogen-bond acceptors (Lipinski definition) is 4. The Morgan fingerprint density at radius 3 is 2.58 bits per heavy atom. The summed E-state index contributed by atoms with van der Waals surface area (Å²) in [6, 6.07) is 2.94. The first kappa shape index (κ1) is 16.2. The zero-order valence-electron chi connectivity index (χ0n) is 10.6. The normalized spacial score (nSPS) is 10.5. The van der Waals surface area contributed by atoms with E-state index < -0.39 is 0 Å². The van der Waals surface area contributed by atoms with Crippen molar-refractivity contribution in [3.63, 3.8) is 0 Å². The van der Waals surface area contributed by atoms with Crippen LogP contribution < -0.4 is 5.32 Å². The second-order valence-electron chi connectivity index (χ2n) is 3.72. The maximum absolute atomic E-state index is 11.8. The summed E-state index contributed by atoms with van der Waals surface area (Å²) in [7, 11) is 1.62. The van der Waals surface area contributed by atoms with Crippen LogP contribution in [0.15, 0.2) is 12.1 Å². The molecule has 0 radical (unpaired) electrons. The molecule has 1 aromatic rings. The molecule has 0 unspecified atom stereocenters. The Bertz CT molecular complexity index is 396. The molecule has 0 saturated carbocycles. The molecular formula is C12H16Cl2N2O3. The van der Waals surface area contributed by atoms with Gasteiger partial charge < -0.3 is 14.8 Å². The van der Waals surface area contributed by atoms with Crippen molar-refractivity contribution < 1.29 is 14.3 Å². The SMILES string of the molecule is COCCOCCCNC(=O)c1cc(Cl)nc(Cl)c1. The lowest BCUT2D eigenvalue weighted by atomic mass is 10.2. The Morgan fingerprint density at radius 2 is 1.95 bits per heavy atom. The van der Waals surface area contributed by atoms with Crippen molar-refractivity contribution in [2.24, 2.45) is 0 Å². The van der Waals surface area contributed by atoms with E-state index in [1.165, 1.54) is 12.1 Å². The van der Waals surface area contributed by atoms with E-state index in [0.29, 0.717) is 31.9 Å². The van der Waals surface area contributed by atoms with Crippen LogP contribution in [0.4, 0.5) is 0 Å².